The van der Waals surface area contributed by atoms with E-state index in [9.17, 15) is 0 Å². The molecule has 5 heteroatoms. The van der Waals surface area contributed by atoms with Crippen LogP contribution in [0.4, 0.5) is 0 Å². The van der Waals surface area contributed by atoms with E-state index in [-0.39, 0.29) is 41.5 Å². The van der Waals surface area contributed by atoms with Gasteiger partial charge in [-0.3, -0.25) is 6.58 Å². The standard InChI is InChI=1S/C2H3.H6OSi2.Pd.Pt/c1-2;2-1-3;;/h1H,2H2;2-3H3;;/q-1;;;. The zero-order valence-electron chi connectivity index (χ0n) is 4.33. The maximum Gasteiger partial charge on any atom is 0.129 e. The van der Waals surface area contributed by atoms with Gasteiger partial charge in [-0.2, -0.15) is 0 Å². The molecule has 0 amide bonds. The Hall–Kier alpha value is 1.48. The average molecular weight is 407 g/mol. The first-order valence-corrected chi connectivity index (χ1v) is 2.86. The summed E-state index contributed by atoms with van der Waals surface area (Å²) in [6.45, 7) is 7.00. The van der Waals surface area contributed by atoms with Crippen LogP contribution in [-0.4, -0.2) is 21.0 Å². The summed E-state index contributed by atoms with van der Waals surface area (Å²) in [5, 5.41) is 0. The quantitative estimate of drug-likeness (QED) is 0.340. The molecule has 0 rings (SSSR count). The molecular formula is C2H9OPdPtSi2-. The van der Waals surface area contributed by atoms with E-state index in [0.717, 1.165) is 21.0 Å². The largest absolute Gasteiger partial charge is 0.521 e. The fourth-order valence-electron chi connectivity index (χ4n) is 0. The van der Waals surface area contributed by atoms with E-state index in [1.165, 1.54) is 0 Å². The van der Waals surface area contributed by atoms with Crippen LogP contribution >= 0.6 is 0 Å². The van der Waals surface area contributed by atoms with Crippen LogP contribution in [-0.2, 0) is 45.6 Å². The van der Waals surface area contributed by atoms with Crippen LogP contribution in [0.5, 0.6) is 0 Å². The Bertz CT molecular complexity index is 19.7. The summed E-state index contributed by atoms with van der Waals surface area (Å²) in [6, 6.07) is 0. The van der Waals surface area contributed by atoms with Gasteiger partial charge in [0, 0.05) is 41.5 Å². The minimum absolute atomic E-state index is 0. The van der Waals surface area contributed by atoms with Crippen molar-refractivity contribution < 1.29 is 45.6 Å². The van der Waals surface area contributed by atoms with E-state index < -0.39 is 0 Å². The number of hydrogen-bond acceptors (Lipinski definition) is 1. The third-order valence-corrected chi connectivity index (χ3v) is 0. The third kappa shape index (κ3) is 102. The van der Waals surface area contributed by atoms with Crippen molar-refractivity contribution in [2.24, 2.45) is 0 Å². The van der Waals surface area contributed by atoms with Crippen molar-refractivity contribution in [3.63, 3.8) is 0 Å². The van der Waals surface area contributed by atoms with Crippen molar-refractivity contribution in [3.8, 4) is 0 Å². The van der Waals surface area contributed by atoms with E-state index in [1.54, 1.807) is 0 Å². The van der Waals surface area contributed by atoms with Gasteiger partial charge in [-0.1, -0.05) is 0 Å². The molecule has 0 spiro atoms. The van der Waals surface area contributed by atoms with E-state index >= 15 is 0 Å². The van der Waals surface area contributed by atoms with Gasteiger partial charge in [0.25, 0.3) is 0 Å². The maximum atomic E-state index is 4.53. The summed E-state index contributed by atoms with van der Waals surface area (Å²) in [6.07, 6.45) is 0. The van der Waals surface area contributed by atoms with Crippen LogP contribution in [0.3, 0.4) is 0 Å². The van der Waals surface area contributed by atoms with Crippen molar-refractivity contribution in [1.82, 2.24) is 0 Å². The molecule has 0 aliphatic carbocycles. The van der Waals surface area contributed by atoms with Crippen molar-refractivity contribution in [1.29, 1.82) is 0 Å². The van der Waals surface area contributed by atoms with Gasteiger partial charge in [-0.05, 0) is 0 Å². The van der Waals surface area contributed by atoms with Gasteiger partial charge in [-0.15, -0.1) is 0 Å². The van der Waals surface area contributed by atoms with Crippen molar-refractivity contribution in [2.45, 2.75) is 0 Å². The van der Waals surface area contributed by atoms with Crippen molar-refractivity contribution in [2.75, 3.05) is 0 Å². The number of rotatable bonds is 0. The third-order valence-electron chi connectivity index (χ3n) is 0. The second-order valence-corrected chi connectivity index (χ2v) is 3.67. The van der Waals surface area contributed by atoms with Gasteiger partial charge in [0.05, 0.1) is 0 Å². The molecule has 0 aliphatic rings. The summed E-state index contributed by atoms with van der Waals surface area (Å²) in [7, 11) is 1.86. The molecule has 0 unspecified atom stereocenters. The molecule has 0 atom stereocenters. The summed E-state index contributed by atoms with van der Waals surface area (Å²) in [5.74, 6) is 0. The predicted octanol–water partition coefficient (Wildman–Crippen LogP) is -1.84. The molecule has 0 saturated carbocycles. The average Bonchev–Trinajstić information content (AvgIpc) is 1.46. The van der Waals surface area contributed by atoms with Crippen molar-refractivity contribution in [3.05, 3.63) is 13.2 Å². The fourth-order valence-corrected chi connectivity index (χ4v) is 0. The molecule has 0 aliphatic heterocycles. The van der Waals surface area contributed by atoms with Gasteiger partial charge < -0.3 is 10.7 Å². The second-order valence-electron chi connectivity index (χ2n) is 0.408. The van der Waals surface area contributed by atoms with E-state index in [0.29, 0.717) is 0 Å². The second kappa shape index (κ2) is 51.0. The van der Waals surface area contributed by atoms with Crippen LogP contribution in [0, 0.1) is 6.58 Å². The topological polar surface area (TPSA) is 9.23 Å². The van der Waals surface area contributed by atoms with E-state index in [2.05, 4.69) is 17.3 Å². The smallest absolute Gasteiger partial charge is 0.129 e. The molecule has 0 fully saturated rings. The van der Waals surface area contributed by atoms with Gasteiger partial charge in [-0.25, -0.2) is 0 Å². The number of hydrogen-bond donors (Lipinski definition) is 0. The van der Waals surface area contributed by atoms with Gasteiger partial charge in [0.1, 0.15) is 21.0 Å². The van der Waals surface area contributed by atoms with Crippen molar-refractivity contribution >= 4 is 21.0 Å². The van der Waals surface area contributed by atoms with Gasteiger partial charge in [0.2, 0.25) is 0 Å². The molecule has 0 radical (unpaired) electrons. The van der Waals surface area contributed by atoms with Gasteiger partial charge >= 0.3 is 0 Å². The minimum Gasteiger partial charge on any atom is -0.521 e. The molecule has 0 aromatic carbocycles. The first-order chi connectivity index (χ1) is 2.41. The van der Waals surface area contributed by atoms with Crippen LogP contribution in [0.15, 0.2) is 6.58 Å². The van der Waals surface area contributed by atoms with E-state index in [4.69, 9.17) is 0 Å². The Balaban J connectivity index is -0.0000000105. The molecule has 0 N–H and O–H groups in total. The molecule has 7 heavy (non-hydrogen) atoms. The summed E-state index contributed by atoms with van der Waals surface area (Å²) in [5.41, 5.74) is 0. The summed E-state index contributed by atoms with van der Waals surface area (Å²) in [4.78, 5) is 0. The van der Waals surface area contributed by atoms with Gasteiger partial charge in [0.15, 0.2) is 0 Å². The zero-order chi connectivity index (χ0) is 4.71. The summed E-state index contributed by atoms with van der Waals surface area (Å²) >= 11 is 0. The van der Waals surface area contributed by atoms with Crippen LogP contribution in [0.2, 0.25) is 0 Å². The van der Waals surface area contributed by atoms with E-state index in [1.807, 2.05) is 0 Å². The zero-order valence-corrected chi connectivity index (χ0v) is 12.2. The first kappa shape index (κ1) is 23.6. The van der Waals surface area contributed by atoms with Crippen LogP contribution in [0.1, 0.15) is 0 Å². The Morgan fingerprint density at radius 2 is 1.29 bits per heavy atom. The Morgan fingerprint density at radius 1 is 1.29 bits per heavy atom. The monoisotopic (exact) mass is 406 g/mol. The Morgan fingerprint density at radius 3 is 1.29 bits per heavy atom. The molecule has 0 aromatic heterocycles. The van der Waals surface area contributed by atoms with Crippen LogP contribution < -0.4 is 0 Å². The minimum atomic E-state index is 0. The molecule has 0 saturated heterocycles. The Labute approximate surface area is 79.3 Å². The maximum absolute atomic E-state index is 4.53. The first-order valence-electron chi connectivity index (χ1n) is 1.22. The Kier molecular flexibility index (Phi) is 172. The molecule has 1 nitrogen and oxygen atoms in total. The van der Waals surface area contributed by atoms with Crippen LogP contribution in [0.25, 0.3) is 0 Å². The predicted molar refractivity (Wildman–Crippen MR) is 30.9 cm³/mol. The molecular weight excluding hydrogens is 398 g/mol. The molecule has 0 bridgehead atoms. The fraction of sp³-hybridized carbons (Fsp3) is 0. The SMILES string of the molecule is [CH-]=C.[Pd].[Pt].[SiH3]O[SiH3]. The molecule has 52 valence electrons. The normalized spacial score (nSPS) is 4.00. The molecule has 0 aromatic rings. The molecule has 0 heterocycles. The summed E-state index contributed by atoms with van der Waals surface area (Å²) < 4.78 is 4.53.